The molecule has 2 heterocycles. The third-order valence-electron chi connectivity index (χ3n) is 6.35. The number of carbonyl (C=O) groups is 1. The summed E-state index contributed by atoms with van der Waals surface area (Å²) >= 11 is 0. The topological polar surface area (TPSA) is 92.5 Å². The highest BCUT2D eigenvalue weighted by atomic mass is 32.2. The van der Waals surface area contributed by atoms with Gasteiger partial charge in [0.1, 0.15) is 5.69 Å². The van der Waals surface area contributed by atoms with Crippen molar-refractivity contribution >= 4 is 33.8 Å². The fourth-order valence-electron chi connectivity index (χ4n) is 4.29. The van der Waals surface area contributed by atoms with E-state index in [1.807, 2.05) is 69.3 Å². The van der Waals surface area contributed by atoms with Crippen molar-refractivity contribution < 1.29 is 17.7 Å². The fraction of sp³-hybridized carbons (Fsp3) is 0.333. The summed E-state index contributed by atoms with van der Waals surface area (Å²) in [6, 6.07) is 13.6. The summed E-state index contributed by atoms with van der Waals surface area (Å²) in [5, 5.41) is 6.85. The Kier molecular flexibility index (Phi) is 7.23. The first-order chi connectivity index (χ1) is 16.6. The molecule has 1 N–H and O–H groups in total. The largest absolute Gasteiger partial charge is 0.355 e. The van der Waals surface area contributed by atoms with Crippen LogP contribution in [0.5, 0.6) is 0 Å². The monoisotopic (exact) mass is 493 g/mol. The zero-order valence-corrected chi connectivity index (χ0v) is 21.4. The Hall–Kier alpha value is -3.23. The van der Waals surface area contributed by atoms with E-state index in [9.17, 15) is 13.2 Å². The number of sulfonamides is 1. The number of rotatable bonds is 6. The van der Waals surface area contributed by atoms with Gasteiger partial charge in [0.15, 0.2) is 10.7 Å². The molecule has 8 heteroatoms. The van der Waals surface area contributed by atoms with Crippen molar-refractivity contribution in [1.82, 2.24) is 9.46 Å². The Labute approximate surface area is 206 Å². The Morgan fingerprint density at radius 2 is 1.77 bits per heavy atom. The molecule has 4 rings (SSSR count). The number of nitrogens with zero attached hydrogens (tertiary/aromatic N) is 2. The third-order valence-corrected chi connectivity index (χ3v) is 8.38. The standard InChI is InChI=1S/C27H31N3O4S/c1-18-8-12-24(13-9-18)28-27(31)23-6-5-15-30(17-23)35(32,33)26-21(4)29-34-25(26)14-11-22-16-19(2)7-10-20(22)3/h7-14,16,23H,5-6,15,17H2,1-4H3,(H,28,31). The van der Waals surface area contributed by atoms with Crippen LogP contribution in [0.4, 0.5) is 5.69 Å². The average molecular weight is 494 g/mol. The molecular formula is C27H31N3O4S. The number of piperidine rings is 1. The molecule has 184 valence electrons. The first-order valence-corrected chi connectivity index (χ1v) is 13.2. The van der Waals surface area contributed by atoms with Gasteiger partial charge in [-0.3, -0.25) is 4.79 Å². The van der Waals surface area contributed by atoms with Crippen LogP contribution in [0.2, 0.25) is 0 Å². The molecule has 0 bridgehead atoms. The van der Waals surface area contributed by atoms with E-state index in [4.69, 9.17) is 4.52 Å². The molecule has 1 amide bonds. The molecule has 1 atom stereocenters. The van der Waals surface area contributed by atoms with E-state index in [-0.39, 0.29) is 23.1 Å². The summed E-state index contributed by atoms with van der Waals surface area (Å²) in [4.78, 5) is 12.9. The van der Waals surface area contributed by atoms with Crippen LogP contribution in [0.1, 0.15) is 46.5 Å². The zero-order valence-electron chi connectivity index (χ0n) is 20.5. The number of amides is 1. The van der Waals surface area contributed by atoms with Crippen LogP contribution in [0.15, 0.2) is 51.9 Å². The molecule has 1 aromatic heterocycles. The summed E-state index contributed by atoms with van der Waals surface area (Å²) in [6.45, 7) is 8.07. The van der Waals surface area contributed by atoms with Crippen molar-refractivity contribution in [3.05, 3.63) is 76.2 Å². The molecule has 0 radical (unpaired) electrons. The van der Waals surface area contributed by atoms with Crippen molar-refractivity contribution in [2.75, 3.05) is 18.4 Å². The third kappa shape index (κ3) is 5.55. The Morgan fingerprint density at radius 3 is 2.51 bits per heavy atom. The summed E-state index contributed by atoms with van der Waals surface area (Å²) in [5.74, 6) is -0.422. The van der Waals surface area contributed by atoms with Gasteiger partial charge in [0, 0.05) is 18.8 Å². The van der Waals surface area contributed by atoms with Crippen LogP contribution in [-0.4, -0.2) is 36.9 Å². The van der Waals surface area contributed by atoms with Crippen LogP contribution in [0.25, 0.3) is 12.2 Å². The molecule has 7 nitrogen and oxygen atoms in total. The Bertz CT molecular complexity index is 1360. The van der Waals surface area contributed by atoms with Gasteiger partial charge in [-0.05, 0) is 69.9 Å². The SMILES string of the molecule is Cc1ccc(NC(=O)C2CCCN(S(=O)(=O)c3c(C)noc3C=Cc3cc(C)ccc3C)C2)cc1. The van der Waals surface area contributed by atoms with Crippen LogP contribution < -0.4 is 5.32 Å². The number of hydrogen-bond acceptors (Lipinski definition) is 5. The second kappa shape index (κ2) is 10.2. The predicted octanol–water partition coefficient (Wildman–Crippen LogP) is 5.12. The average Bonchev–Trinajstić information content (AvgIpc) is 3.22. The molecule has 1 saturated heterocycles. The Balaban J connectivity index is 1.55. The first kappa shape index (κ1) is 24.9. The van der Waals surface area contributed by atoms with Gasteiger partial charge >= 0.3 is 0 Å². The molecule has 1 fully saturated rings. The van der Waals surface area contributed by atoms with Crippen molar-refractivity contribution in [2.45, 2.75) is 45.4 Å². The summed E-state index contributed by atoms with van der Waals surface area (Å²) < 4.78 is 34.1. The number of aromatic nitrogens is 1. The van der Waals surface area contributed by atoms with Gasteiger partial charge in [-0.15, -0.1) is 0 Å². The van der Waals surface area contributed by atoms with Crippen molar-refractivity contribution in [3.63, 3.8) is 0 Å². The molecule has 0 spiro atoms. The van der Waals surface area contributed by atoms with Gasteiger partial charge in [-0.25, -0.2) is 8.42 Å². The second-order valence-electron chi connectivity index (χ2n) is 9.21. The number of hydrogen-bond donors (Lipinski definition) is 1. The van der Waals surface area contributed by atoms with E-state index in [0.717, 1.165) is 22.3 Å². The van der Waals surface area contributed by atoms with E-state index in [0.29, 0.717) is 30.8 Å². The normalized spacial score (nSPS) is 17.1. The lowest BCUT2D eigenvalue weighted by molar-refractivity contribution is -0.120. The Morgan fingerprint density at radius 1 is 1.06 bits per heavy atom. The number of nitrogens with one attached hydrogen (secondary N) is 1. The van der Waals surface area contributed by atoms with E-state index < -0.39 is 15.9 Å². The summed E-state index contributed by atoms with van der Waals surface area (Å²) in [5.41, 5.74) is 5.27. The minimum atomic E-state index is -3.90. The van der Waals surface area contributed by atoms with Gasteiger partial charge in [-0.2, -0.15) is 4.31 Å². The lowest BCUT2D eigenvalue weighted by Crippen LogP contribution is -2.43. The van der Waals surface area contributed by atoms with Crippen molar-refractivity contribution in [1.29, 1.82) is 0 Å². The maximum atomic E-state index is 13.6. The van der Waals surface area contributed by atoms with Gasteiger partial charge in [0.05, 0.1) is 5.92 Å². The molecular weight excluding hydrogens is 462 g/mol. The zero-order chi connectivity index (χ0) is 25.2. The number of carbonyl (C=O) groups excluding carboxylic acids is 1. The molecule has 3 aromatic rings. The highest BCUT2D eigenvalue weighted by molar-refractivity contribution is 7.89. The van der Waals surface area contributed by atoms with Crippen LogP contribution in [0, 0.1) is 33.6 Å². The van der Waals surface area contributed by atoms with E-state index in [1.54, 1.807) is 13.0 Å². The highest BCUT2D eigenvalue weighted by Crippen LogP contribution is 2.30. The molecule has 35 heavy (non-hydrogen) atoms. The lowest BCUT2D eigenvalue weighted by atomic mass is 9.98. The molecule has 1 unspecified atom stereocenters. The van der Waals surface area contributed by atoms with Crippen molar-refractivity contribution in [3.8, 4) is 0 Å². The van der Waals surface area contributed by atoms with Gasteiger partial charge < -0.3 is 9.84 Å². The molecule has 0 saturated carbocycles. The highest BCUT2D eigenvalue weighted by Gasteiger charge is 2.37. The maximum Gasteiger partial charge on any atom is 0.248 e. The minimum absolute atomic E-state index is 0.0543. The van der Waals surface area contributed by atoms with Gasteiger partial charge in [-0.1, -0.05) is 52.7 Å². The smallest absolute Gasteiger partial charge is 0.248 e. The maximum absolute atomic E-state index is 13.6. The first-order valence-electron chi connectivity index (χ1n) is 11.7. The fourth-order valence-corrected chi connectivity index (χ4v) is 6.06. The van der Waals surface area contributed by atoms with Crippen LogP contribution >= 0.6 is 0 Å². The summed E-state index contributed by atoms with van der Waals surface area (Å²) in [7, 11) is -3.90. The van der Waals surface area contributed by atoms with Crippen LogP contribution in [0.3, 0.4) is 0 Å². The summed E-state index contributed by atoms with van der Waals surface area (Å²) in [6.07, 6.45) is 4.73. The lowest BCUT2D eigenvalue weighted by Gasteiger charge is -2.31. The van der Waals surface area contributed by atoms with E-state index >= 15 is 0 Å². The molecule has 1 aliphatic rings. The van der Waals surface area contributed by atoms with Gasteiger partial charge in [0.25, 0.3) is 0 Å². The van der Waals surface area contributed by atoms with Gasteiger partial charge in [0.2, 0.25) is 15.9 Å². The van der Waals surface area contributed by atoms with Crippen molar-refractivity contribution in [2.24, 2.45) is 5.92 Å². The van der Waals surface area contributed by atoms with E-state index in [2.05, 4.69) is 10.5 Å². The number of benzene rings is 2. The number of anilines is 1. The predicted molar refractivity (Wildman–Crippen MR) is 137 cm³/mol. The quantitative estimate of drug-likeness (QED) is 0.515. The number of aryl methyl sites for hydroxylation is 4. The van der Waals surface area contributed by atoms with Crippen LogP contribution in [-0.2, 0) is 14.8 Å². The van der Waals surface area contributed by atoms with E-state index in [1.165, 1.54) is 4.31 Å². The second-order valence-corrected chi connectivity index (χ2v) is 11.1. The molecule has 2 aromatic carbocycles. The minimum Gasteiger partial charge on any atom is -0.355 e. The molecule has 0 aliphatic carbocycles. The molecule has 1 aliphatic heterocycles.